The van der Waals surface area contributed by atoms with Crippen LogP contribution in [0.2, 0.25) is 0 Å². The van der Waals surface area contributed by atoms with Gasteiger partial charge in [0.2, 0.25) is 5.91 Å². The van der Waals surface area contributed by atoms with Gasteiger partial charge < -0.3 is 15.0 Å². The molecule has 0 unspecified atom stereocenters. The van der Waals surface area contributed by atoms with Crippen molar-refractivity contribution in [2.75, 3.05) is 13.2 Å². The van der Waals surface area contributed by atoms with Crippen molar-refractivity contribution in [1.82, 2.24) is 10.2 Å². The van der Waals surface area contributed by atoms with Crippen LogP contribution in [0.1, 0.15) is 30.5 Å². The van der Waals surface area contributed by atoms with Gasteiger partial charge in [-0.2, -0.15) is 0 Å². The van der Waals surface area contributed by atoms with E-state index in [1.807, 2.05) is 91.9 Å². The van der Waals surface area contributed by atoms with Gasteiger partial charge in [-0.1, -0.05) is 92.2 Å². The largest absolute Gasteiger partial charge is 0.484 e. The molecule has 0 saturated heterocycles. The summed E-state index contributed by atoms with van der Waals surface area (Å²) in [6, 6.07) is 26.5. The molecule has 3 aromatic carbocycles. The van der Waals surface area contributed by atoms with Gasteiger partial charge >= 0.3 is 0 Å². The van der Waals surface area contributed by atoms with E-state index in [2.05, 4.69) is 19.2 Å². The first-order valence-corrected chi connectivity index (χ1v) is 11.8. The number of rotatable bonds is 11. The standard InChI is InChI=1S/C29H34N2O3/c1-22(2)19-30-29(33)27(18-24-10-6-4-7-11-24)31(20-25-12-8-5-9-13-25)28(32)21-34-26-16-14-23(3)15-17-26/h4-17,22,27H,18-21H2,1-3H3,(H,30,33)/t27-/m1/s1. The Morgan fingerprint density at radius 1 is 0.853 bits per heavy atom. The molecule has 3 rings (SSSR count). The lowest BCUT2D eigenvalue weighted by Gasteiger charge is -2.31. The highest BCUT2D eigenvalue weighted by molar-refractivity contribution is 5.88. The maximum absolute atomic E-state index is 13.5. The number of nitrogens with one attached hydrogen (secondary N) is 1. The maximum atomic E-state index is 13.5. The molecule has 0 saturated carbocycles. The SMILES string of the molecule is Cc1ccc(OCC(=O)N(Cc2ccccc2)[C@H](Cc2ccccc2)C(=O)NCC(C)C)cc1. The third kappa shape index (κ3) is 7.77. The summed E-state index contributed by atoms with van der Waals surface area (Å²) in [5.74, 6) is 0.550. The van der Waals surface area contributed by atoms with Crippen LogP contribution in [0.15, 0.2) is 84.9 Å². The Morgan fingerprint density at radius 2 is 1.44 bits per heavy atom. The number of carbonyl (C=O) groups is 2. The number of amides is 2. The minimum Gasteiger partial charge on any atom is -0.484 e. The lowest BCUT2D eigenvalue weighted by atomic mass is 10.0. The molecule has 0 aliphatic rings. The number of carbonyl (C=O) groups excluding carboxylic acids is 2. The Bertz CT molecular complexity index is 1030. The van der Waals surface area contributed by atoms with Gasteiger partial charge in [-0.25, -0.2) is 0 Å². The molecule has 34 heavy (non-hydrogen) atoms. The minimum atomic E-state index is -0.657. The Kier molecular flexibility index (Phi) is 9.27. The second-order valence-electron chi connectivity index (χ2n) is 8.95. The zero-order valence-electron chi connectivity index (χ0n) is 20.2. The summed E-state index contributed by atoms with van der Waals surface area (Å²) in [5, 5.41) is 3.03. The van der Waals surface area contributed by atoms with Crippen molar-refractivity contribution < 1.29 is 14.3 Å². The van der Waals surface area contributed by atoms with Gasteiger partial charge in [0, 0.05) is 19.5 Å². The van der Waals surface area contributed by atoms with Crippen LogP contribution < -0.4 is 10.1 Å². The van der Waals surface area contributed by atoms with E-state index in [0.717, 1.165) is 16.7 Å². The lowest BCUT2D eigenvalue weighted by molar-refractivity contribution is -0.142. The summed E-state index contributed by atoms with van der Waals surface area (Å²) in [6.07, 6.45) is 0.424. The molecule has 0 aliphatic carbocycles. The van der Waals surface area contributed by atoms with Crippen molar-refractivity contribution >= 4 is 11.8 Å². The molecule has 0 bridgehead atoms. The first kappa shape index (κ1) is 25.0. The number of nitrogens with zero attached hydrogens (tertiary/aromatic N) is 1. The summed E-state index contributed by atoms with van der Waals surface area (Å²) in [6.45, 7) is 6.84. The van der Waals surface area contributed by atoms with Crippen LogP contribution in [-0.4, -0.2) is 35.9 Å². The summed E-state index contributed by atoms with van der Waals surface area (Å²) in [7, 11) is 0. The Morgan fingerprint density at radius 3 is 2.03 bits per heavy atom. The maximum Gasteiger partial charge on any atom is 0.261 e. The molecule has 2 amide bonds. The van der Waals surface area contributed by atoms with Crippen LogP contribution in [0, 0.1) is 12.8 Å². The van der Waals surface area contributed by atoms with Crippen LogP contribution in [0.3, 0.4) is 0 Å². The number of ether oxygens (including phenoxy) is 1. The highest BCUT2D eigenvalue weighted by atomic mass is 16.5. The molecule has 1 N–H and O–H groups in total. The lowest BCUT2D eigenvalue weighted by Crippen LogP contribution is -2.52. The van der Waals surface area contributed by atoms with E-state index in [0.29, 0.717) is 31.2 Å². The zero-order valence-corrected chi connectivity index (χ0v) is 20.2. The fourth-order valence-corrected chi connectivity index (χ4v) is 3.62. The van der Waals surface area contributed by atoms with Gasteiger partial charge in [0.1, 0.15) is 11.8 Å². The average molecular weight is 459 g/mol. The number of hydrogen-bond donors (Lipinski definition) is 1. The monoisotopic (exact) mass is 458 g/mol. The Balaban J connectivity index is 1.86. The number of benzene rings is 3. The number of aryl methyl sites for hydroxylation is 1. The quantitative estimate of drug-likeness (QED) is 0.450. The van der Waals surface area contributed by atoms with Crippen molar-refractivity contribution in [1.29, 1.82) is 0 Å². The van der Waals surface area contributed by atoms with Gasteiger partial charge in [-0.05, 0) is 36.1 Å². The first-order chi connectivity index (χ1) is 16.4. The third-order valence-corrected chi connectivity index (χ3v) is 5.53. The number of hydrogen-bond acceptors (Lipinski definition) is 3. The van der Waals surface area contributed by atoms with E-state index in [1.54, 1.807) is 4.90 Å². The molecule has 178 valence electrons. The molecular weight excluding hydrogens is 424 g/mol. The molecule has 0 aromatic heterocycles. The third-order valence-electron chi connectivity index (χ3n) is 5.53. The fraction of sp³-hybridized carbons (Fsp3) is 0.310. The minimum absolute atomic E-state index is 0.140. The van der Waals surface area contributed by atoms with Crippen LogP contribution in [0.25, 0.3) is 0 Å². The van der Waals surface area contributed by atoms with Crippen molar-refractivity contribution in [3.05, 3.63) is 102 Å². The van der Waals surface area contributed by atoms with Crippen LogP contribution in [0.4, 0.5) is 0 Å². The molecule has 0 spiro atoms. The van der Waals surface area contributed by atoms with Gasteiger partial charge in [-0.15, -0.1) is 0 Å². The zero-order chi connectivity index (χ0) is 24.3. The van der Waals surface area contributed by atoms with E-state index >= 15 is 0 Å². The smallest absolute Gasteiger partial charge is 0.261 e. The van der Waals surface area contributed by atoms with Crippen LogP contribution in [-0.2, 0) is 22.6 Å². The first-order valence-electron chi connectivity index (χ1n) is 11.8. The van der Waals surface area contributed by atoms with Gasteiger partial charge in [-0.3, -0.25) is 9.59 Å². The molecular formula is C29H34N2O3. The van der Waals surface area contributed by atoms with Crippen molar-refractivity contribution in [3.63, 3.8) is 0 Å². The predicted octanol–water partition coefficient (Wildman–Crippen LogP) is 4.79. The van der Waals surface area contributed by atoms with E-state index in [-0.39, 0.29) is 18.4 Å². The molecule has 0 fully saturated rings. The fourth-order valence-electron chi connectivity index (χ4n) is 3.62. The molecule has 0 radical (unpaired) electrons. The van der Waals surface area contributed by atoms with Crippen molar-refractivity contribution in [3.8, 4) is 5.75 Å². The average Bonchev–Trinajstić information content (AvgIpc) is 2.85. The molecule has 1 atom stereocenters. The molecule has 5 heteroatoms. The highest BCUT2D eigenvalue weighted by Crippen LogP contribution is 2.17. The van der Waals surface area contributed by atoms with E-state index in [1.165, 1.54) is 0 Å². The van der Waals surface area contributed by atoms with Gasteiger partial charge in [0.25, 0.3) is 5.91 Å². The van der Waals surface area contributed by atoms with Gasteiger partial charge in [0.15, 0.2) is 6.61 Å². The van der Waals surface area contributed by atoms with Crippen molar-refractivity contribution in [2.24, 2.45) is 5.92 Å². The second kappa shape index (κ2) is 12.6. The summed E-state index contributed by atoms with van der Waals surface area (Å²) < 4.78 is 5.80. The topological polar surface area (TPSA) is 58.6 Å². The van der Waals surface area contributed by atoms with Crippen LogP contribution >= 0.6 is 0 Å². The van der Waals surface area contributed by atoms with E-state index in [9.17, 15) is 9.59 Å². The molecule has 0 aliphatic heterocycles. The highest BCUT2D eigenvalue weighted by Gasteiger charge is 2.30. The Labute approximate surface area is 202 Å². The Hall–Kier alpha value is -3.60. The predicted molar refractivity (Wildman–Crippen MR) is 135 cm³/mol. The summed E-state index contributed by atoms with van der Waals surface area (Å²) in [4.78, 5) is 28.5. The van der Waals surface area contributed by atoms with Gasteiger partial charge in [0.05, 0.1) is 0 Å². The van der Waals surface area contributed by atoms with E-state index < -0.39 is 6.04 Å². The second-order valence-corrected chi connectivity index (χ2v) is 8.95. The molecule has 5 nitrogen and oxygen atoms in total. The molecule has 0 heterocycles. The normalized spacial score (nSPS) is 11.6. The summed E-state index contributed by atoms with van der Waals surface area (Å²) >= 11 is 0. The van der Waals surface area contributed by atoms with Crippen LogP contribution in [0.5, 0.6) is 5.75 Å². The molecule has 3 aromatic rings. The summed E-state index contributed by atoms with van der Waals surface area (Å²) in [5.41, 5.74) is 3.08. The van der Waals surface area contributed by atoms with E-state index in [4.69, 9.17) is 4.74 Å². The van der Waals surface area contributed by atoms with Crippen molar-refractivity contribution in [2.45, 2.75) is 39.8 Å².